The maximum atomic E-state index is 12.9. The highest BCUT2D eigenvalue weighted by Crippen LogP contribution is 2.43. The van der Waals surface area contributed by atoms with Crippen LogP contribution in [0, 0.1) is 6.92 Å². The molecule has 5 nitrogen and oxygen atoms in total. The summed E-state index contributed by atoms with van der Waals surface area (Å²) in [6.45, 7) is 3.92. The summed E-state index contributed by atoms with van der Waals surface area (Å²) in [7, 11) is 0. The van der Waals surface area contributed by atoms with E-state index in [1.807, 2.05) is 25.1 Å². The molecule has 1 aromatic carbocycles. The van der Waals surface area contributed by atoms with Gasteiger partial charge in [0.2, 0.25) is 5.78 Å². The second-order valence-electron chi connectivity index (χ2n) is 6.21. The van der Waals surface area contributed by atoms with Gasteiger partial charge in [-0.1, -0.05) is 30.3 Å². The molecule has 0 amide bonds. The molecule has 136 valence electrons. The first kappa shape index (κ1) is 17.3. The molecule has 0 saturated heterocycles. The topological polar surface area (TPSA) is 68.0 Å². The Labute approximate surface area is 159 Å². The lowest BCUT2D eigenvalue weighted by atomic mass is 10.1. The number of aromatic hydroxyl groups is 1. The van der Waals surface area contributed by atoms with Crippen LogP contribution in [-0.4, -0.2) is 27.9 Å². The van der Waals surface area contributed by atoms with Crippen molar-refractivity contribution >= 4 is 38.8 Å². The van der Waals surface area contributed by atoms with Crippen molar-refractivity contribution in [2.24, 2.45) is 0 Å². The van der Waals surface area contributed by atoms with Crippen LogP contribution < -0.4 is 0 Å². The highest BCUT2D eigenvalue weighted by Gasteiger charge is 2.28. The Morgan fingerprint density at radius 3 is 2.63 bits per heavy atom. The van der Waals surface area contributed by atoms with Crippen molar-refractivity contribution < 1.29 is 19.4 Å². The lowest BCUT2D eigenvalue weighted by Gasteiger charge is -2.04. The first-order valence-electron chi connectivity index (χ1n) is 8.56. The summed E-state index contributed by atoms with van der Waals surface area (Å²) in [5.74, 6) is -0.848. The number of aromatic nitrogens is 1. The number of rotatable bonds is 4. The van der Waals surface area contributed by atoms with Crippen molar-refractivity contribution in [2.75, 3.05) is 6.61 Å². The number of ether oxygens (including phenoxy) is 1. The second-order valence-corrected chi connectivity index (χ2v) is 7.23. The normalized spacial score (nSPS) is 11.2. The number of hydrogen-bond donors (Lipinski definition) is 1. The van der Waals surface area contributed by atoms with Gasteiger partial charge in [-0.15, -0.1) is 11.3 Å². The molecule has 3 heterocycles. The van der Waals surface area contributed by atoms with E-state index in [0.29, 0.717) is 26.9 Å². The molecule has 0 fully saturated rings. The van der Waals surface area contributed by atoms with Crippen molar-refractivity contribution in [2.45, 2.75) is 13.8 Å². The summed E-state index contributed by atoms with van der Waals surface area (Å²) in [6, 6.07) is 12.5. The number of fused-ring (bicyclic) bond motifs is 3. The summed E-state index contributed by atoms with van der Waals surface area (Å²) in [5, 5.41) is 10.8. The number of benzene rings is 1. The highest BCUT2D eigenvalue weighted by atomic mass is 32.1. The molecule has 0 bridgehead atoms. The number of aryl methyl sites for hydroxylation is 1. The molecular formula is C21H17NO4S. The van der Waals surface area contributed by atoms with E-state index in [0.717, 1.165) is 16.9 Å². The molecule has 4 rings (SSSR count). The number of carbonyl (C=O) groups excluding carboxylic acids is 2. The van der Waals surface area contributed by atoms with Crippen molar-refractivity contribution in [1.29, 1.82) is 0 Å². The molecule has 3 aromatic heterocycles. The molecule has 6 heteroatoms. The van der Waals surface area contributed by atoms with E-state index in [1.54, 1.807) is 41.8 Å². The van der Waals surface area contributed by atoms with E-state index in [9.17, 15) is 14.7 Å². The third-order valence-electron chi connectivity index (χ3n) is 4.41. The molecule has 0 spiro atoms. The zero-order valence-electron chi connectivity index (χ0n) is 14.9. The number of thiophene rings is 1. The Morgan fingerprint density at radius 2 is 1.93 bits per heavy atom. The molecule has 1 N–H and O–H groups in total. The van der Waals surface area contributed by atoms with Crippen LogP contribution in [0.2, 0.25) is 0 Å². The Balaban J connectivity index is 2.01. The molecule has 0 unspecified atom stereocenters. The zero-order valence-corrected chi connectivity index (χ0v) is 15.7. The Kier molecular flexibility index (Phi) is 4.20. The van der Waals surface area contributed by atoms with Gasteiger partial charge < -0.3 is 14.2 Å². The van der Waals surface area contributed by atoms with Crippen molar-refractivity contribution in [3.05, 3.63) is 70.2 Å². The van der Waals surface area contributed by atoms with Crippen LogP contribution in [0.3, 0.4) is 0 Å². The van der Waals surface area contributed by atoms with Crippen LogP contribution in [0.25, 0.3) is 15.7 Å². The van der Waals surface area contributed by atoms with Crippen LogP contribution in [0.15, 0.2) is 48.7 Å². The van der Waals surface area contributed by atoms with Gasteiger partial charge in [0, 0.05) is 11.8 Å². The number of pyridine rings is 1. The lowest BCUT2D eigenvalue weighted by Crippen LogP contribution is -2.04. The van der Waals surface area contributed by atoms with Crippen molar-refractivity contribution in [1.82, 2.24) is 4.40 Å². The molecule has 0 aliphatic carbocycles. The van der Waals surface area contributed by atoms with Crippen LogP contribution >= 0.6 is 11.3 Å². The van der Waals surface area contributed by atoms with E-state index in [-0.39, 0.29) is 23.0 Å². The Morgan fingerprint density at radius 1 is 1.19 bits per heavy atom. The number of nitrogens with zero attached hydrogens (tertiary/aromatic N) is 1. The zero-order chi connectivity index (χ0) is 19.1. The van der Waals surface area contributed by atoms with Gasteiger partial charge in [0.05, 0.1) is 16.8 Å². The Hall–Kier alpha value is -3.12. The molecule has 0 aliphatic rings. The smallest absolute Gasteiger partial charge is 0.341 e. The van der Waals surface area contributed by atoms with Gasteiger partial charge in [-0.25, -0.2) is 4.79 Å². The number of esters is 1. The molecule has 0 atom stereocenters. The van der Waals surface area contributed by atoms with E-state index >= 15 is 0 Å². The van der Waals surface area contributed by atoms with E-state index in [2.05, 4.69) is 0 Å². The largest absolute Gasteiger partial charge is 0.504 e. The van der Waals surface area contributed by atoms with Gasteiger partial charge in [0.1, 0.15) is 16.0 Å². The van der Waals surface area contributed by atoms with Crippen molar-refractivity contribution in [3.63, 3.8) is 0 Å². The average molecular weight is 379 g/mol. The van der Waals surface area contributed by atoms with Gasteiger partial charge in [-0.3, -0.25) is 4.79 Å². The summed E-state index contributed by atoms with van der Waals surface area (Å²) in [5.41, 5.74) is 2.96. The number of ketones is 1. The molecule has 0 aliphatic heterocycles. The van der Waals surface area contributed by atoms with Crippen LogP contribution in [-0.2, 0) is 4.74 Å². The first-order valence-corrected chi connectivity index (χ1v) is 9.37. The predicted molar refractivity (Wildman–Crippen MR) is 105 cm³/mol. The average Bonchev–Trinajstić information content (AvgIpc) is 3.16. The van der Waals surface area contributed by atoms with Crippen LogP contribution in [0.5, 0.6) is 5.75 Å². The highest BCUT2D eigenvalue weighted by molar-refractivity contribution is 7.22. The van der Waals surface area contributed by atoms with E-state index in [4.69, 9.17) is 4.74 Å². The Bertz CT molecular complexity index is 1190. The fraction of sp³-hybridized carbons (Fsp3) is 0.143. The molecule has 4 aromatic rings. The minimum atomic E-state index is -0.462. The standard InChI is InChI=1S/C21H17NO4S/c1-3-26-21(25)15-14-11-12(2)9-10-22(14)16-18(24)20(27-19(15)16)17(23)13-7-5-4-6-8-13/h4-11,24H,3H2,1-2H3. The third-order valence-corrected chi connectivity index (χ3v) is 5.60. The fourth-order valence-electron chi connectivity index (χ4n) is 3.19. The molecular weight excluding hydrogens is 362 g/mol. The maximum Gasteiger partial charge on any atom is 0.341 e. The number of hydrogen-bond acceptors (Lipinski definition) is 5. The van der Waals surface area contributed by atoms with Gasteiger partial charge >= 0.3 is 5.97 Å². The first-order chi connectivity index (χ1) is 13.0. The minimum absolute atomic E-state index is 0.113. The maximum absolute atomic E-state index is 12.9. The third kappa shape index (κ3) is 2.69. The number of carbonyl (C=O) groups is 2. The quantitative estimate of drug-likeness (QED) is 0.416. The summed E-state index contributed by atoms with van der Waals surface area (Å²) >= 11 is 1.12. The van der Waals surface area contributed by atoms with Crippen LogP contribution in [0.4, 0.5) is 0 Å². The predicted octanol–water partition coefficient (Wildman–Crippen LogP) is 4.58. The van der Waals surface area contributed by atoms with E-state index in [1.165, 1.54) is 0 Å². The molecule has 0 radical (unpaired) electrons. The van der Waals surface area contributed by atoms with Gasteiger partial charge in [-0.2, -0.15) is 0 Å². The van der Waals surface area contributed by atoms with Gasteiger partial charge in [0.15, 0.2) is 5.75 Å². The summed E-state index contributed by atoms with van der Waals surface area (Å²) in [6.07, 6.45) is 1.79. The summed E-state index contributed by atoms with van der Waals surface area (Å²) in [4.78, 5) is 25.7. The van der Waals surface area contributed by atoms with Crippen LogP contribution in [0.1, 0.15) is 38.1 Å². The van der Waals surface area contributed by atoms with Gasteiger partial charge in [0.25, 0.3) is 0 Å². The SMILES string of the molecule is CCOC(=O)c1c2sc(C(=O)c3ccccc3)c(O)c2n2ccc(C)cc12. The lowest BCUT2D eigenvalue weighted by molar-refractivity contribution is 0.0531. The van der Waals surface area contributed by atoms with E-state index < -0.39 is 5.97 Å². The minimum Gasteiger partial charge on any atom is -0.504 e. The summed E-state index contributed by atoms with van der Waals surface area (Å²) < 4.78 is 7.51. The second kappa shape index (κ2) is 6.55. The molecule has 0 saturated carbocycles. The van der Waals surface area contributed by atoms with Crippen molar-refractivity contribution in [3.8, 4) is 5.75 Å². The fourth-order valence-corrected chi connectivity index (χ4v) is 4.38. The molecule has 27 heavy (non-hydrogen) atoms. The van der Waals surface area contributed by atoms with Gasteiger partial charge in [-0.05, 0) is 31.5 Å². The monoisotopic (exact) mass is 379 g/mol.